The van der Waals surface area contributed by atoms with Crippen LogP contribution in [0.5, 0.6) is 0 Å². The van der Waals surface area contributed by atoms with Crippen LogP contribution in [0.25, 0.3) is 0 Å². The SMILES string of the molecule is OCCNN=C1CCCC1. The molecule has 1 saturated carbocycles. The maximum atomic E-state index is 8.41. The van der Waals surface area contributed by atoms with E-state index >= 15 is 0 Å². The molecule has 0 aliphatic heterocycles. The zero-order valence-corrected chi connectivity index (χ0v) is 6.14. The Labute approximate surface area is 61.1 Å². The lowest BCUT2D eigenvalue weighted by atomic mass is 10.3. The first-order valence-corrected chi connectivity index (χ1v) is 3.82. The van der Waals surface area contributed by atoms with Crippen molar-refractivity contribution in [3.05, 3.63) is 0 Å². The highest BCUT2D eigenvalue weighted by molar-refractivity contribution is 5.85. The molecule has 1 rings (SSSR count). The summed E-state index contributed by atoms with van der Waals surface area (Å²) >= 11 is 0. The molecule has 0 radical (unpaired) electrons. The van der Waals surface area contributed by atoms with Crippen LogP contribution in [0.4, 0.5) is 0 Å². The minimum atomic E-state index is 0.163. The van der Waals surface area contributed by atoms with E-state index in [4.69, 9.17) is 5.11 Å². The zero-order valence-electron chi connectivity index (χ0n) is 6.14. The van der Waals surface area contributed by atoms with E-state index in [2.05, 4.69) is 10.5 Å². The number of hydrogen-bond donors (Lipinski definition) is 2. The van der Waals surface area contributed by atoms with E-state index in [9.17, 15) is 0 Å². The maximum absolute atomic E-state index is 8.41. The Kier molecular flexibility index (Phi) is 3.22. The summed E-state index contributed by atoms with van der Waals surface area (Å²) in [5.41, 5.74) is 4.07. The molecule has 0 aromatic rings. The van der Waals surface area contributed by atoms with Crippen molar-refractivity contribution in [1.82, 2.24) is 5.43 Å². The Morgan fingerprint density at radius 3 is 2.70 bits per heavy atom. The van der Waals surface area contributed by atoms with Gasteiger partial charge in [0, 0.05) is 5.71 Å². The Hall–Kier alpha value is -0.570. The summed E-state index contributed by atoms with van der Waals surface area (Å²) < 4.78 is 0. The second kappa shape index (κ2) is 4.28. The highest BCUT2D eigenvalue weighted by Crippen LogP contribution is 2.13. The lowest BCUT2D eigenvalue weighted by Gasteiger charge is -1.97. The largest absolute Gasteiger partial charge is 0.394 e. The molecule has 3 nitrogen and oxygen atoms in total. The average molecular weight is 142 g/mol. The van der Waals surface area contributed by atoms with Crippen molar-refractivity contribution in [2.75, 3.05) is 13.2 Å². The van der Waals surface area contributed by atoms with Crippen LogP contribution in [0.15, 0.2) is 5.10 Å². The molecule has 3 heteroatoms. The summed E-state index contributed by atoms with van der Waals surface area (Å²) in [6.45, 7) is 0.736. The molecular weight excluding hydrogens is 128 g/mol. The number of nitrogens with one attached hydrogen (secondary N) is 1. The Bertz CT molecular complexity index is 115. The van der Waals surface area contributed by atoms with Crippen LogP contribution in [-0.4, -0.2) is 24.0 Å². The summed E-state index contributed by atoms with van der Waals surface area (Å²) in [5.74, 6) is 0. The van der Waals surface area contributed by atoms with E-state index < -0.39 is 0 Å². The third-order valence-electron chi connectivity index (χ3n) is 1.64. The van der Waals surface area contributed by atoms with E-state index in [1.165, 1.54) is 18.6 Å². The van der Waals surface area contributed by atoms with Gasteiger partial charge in [0.2, 0.25) is 0 Å². The van der Waals surface area contributed by atoms with Gasteiger partial charge in [-0.2, -0.15) is 5.10 Å². The summed E-state index contributed by atoms with van der Waals surface area (Å²) in [7, 11) is 0. The Morgan fingerprint density at radius 2 is 2.10 bits per heavy atom. The predicted octanol–water partition coefficient (Wildman–Crippen LogP) is 0.498. The molecule has 58 valence electrons. The lowest BCUT2D eigenvalue weighted by Crippen LogP contribution is -2.13. The fourth-order valence-corrected chi connectivity index (χ4v) is 1.11. The normalized spacial score (nSPS) is 17.5. The summed E-state index contributed by atoms with van der Waals surface area (Å²) in [6, 6.07) is 0. The molecule has 10 heavy (non-hydrogen) atoms. The average Bonchev–Trinajstić information content (AvgIpc) is 2.41. The monoisotopic (exact) mass is 142 g/mol. The number of hydrogen-bond acceptors (Lipinski definition) is 3. The van der Waals surface area contributed by atoms with Gasteiger partial charge in [-0.25, -0.2) is 0 Å². The van der Waals surface area contributed by atoms with E-state index in [-0.39, 0.29) is 6.61 Å². The van der Waals surface area contributed by atoms with Crippen molar-refractivity contribution in [3.63, 3.8) is 0 Å². The molecule has 0 amide bonds. The van der Waals surface area contributed by atoms with Crippen LogP contribution >= 0.6 is 0 Å². The van der Waals surface area contributed by atoms with Gasteiger partial charge in [-0.15, -0.1) is 0 Å². The van der Waals surface area contributed by atoms with Crippen LogP contribution in [0.1, 0.15) is 25.7 Å². The van der Waals surface area contributed by atoms with Crippen molar-refractivity contribution in [2.24, 2.45) is 5.10 Å². The molecule has 0 unspecified atom stereocenters. The first-order valence-electron chi connectivity index (χ1n) is 3.82. The van der Waals surface area contributed by atoms with Crippen molar-refractivity contribution in [3.8, 4) is 0 Å². The fraction of sp³-hybridized carbons (Fsp3) is 0.857. The third kappa shape index (κ3) is 2.35. The summed E-state index contributed by atoms with van der Waals surface area (Å²) in [4.78, 5) is 0. The van der Waals surface area contributed by atoms with Gasteiger partial charge in [0.05, 0.1) is 13.2 Å². The van der Waals surface area contributed by atoms with Gasteiger partial charge in [0.25, 0.3) is 0 Å². The molecule has 0 aromatic carbocycles. The van der Waals surface area contributed by atoms with Gasteiger partial charge in [-0.1, -0.05) is 0 Å². The number of aliphatic hydroxyl groups is 1. The summed E-state index contributed by atoms with van der Waals surface area (Å²) in [5, 5.41) is 12.5. The molecule has 1 fully saturated rings. The van der Waals surface area contributed by atoms with Gasteiger partial charge in [0.1, 0.15) is 0 Å². The van der Waals surface area contributed by atoms with Gasteiger partial charge < -0.3 is 10.5 Å². The number of rotatable bonds is 3. The molecular formula is C7H14N2O. The van der Waals surface area contributed by atoms with Crippen molar-refractivity contribution >= 4 is 5.71 Å². The van der Waals surface area contributed by atoms with Gasteiger partial charge >= 0.3 is 0 Å². The van der Waals surface area contributed by atoms with E-state index in [0.717, 1.165) is 12.8 Å². The van der Waals surface area contributed by atoms with Crippen molar-refractivity contribution in [1.29, 1.82) is 0 Å². The standard InChI is InChI=1S/C7H14N2O/c10-6-5-8-9-7-3-1-2-4-7/h8,10H,1-6H2. The lowest BCUT2D eigenvalue weighted by molar-refractivity contribution is 0.293. The predicted molar refractivity (Wildman–Crippen MR) is 41.0 cm³/mol. The molecule has 0 heterocycles. The molecule has 0 saturated heterocycles. The van der Waals surface area contributed by atoms with E-state index in [0.29, 0.717) is 6.54 Å². The molecule has 0 atom stereocenters. The second-order valence-electron chi connectivity index (χ2n) is 2.52. The second-order valence-corrected chi connectivity index (χ2v) is 2.52. The van der Waals surface area contributed by atoms with E-state index in [1.807, 2.05) is 0 Å². The molecule has 2 N–H and O–H groups in total. The van der Waals surface area contributed by atoms with Gasteiger partial charge in [0.15, 0.2) is 0 Å². The van der Waals surface area contributed by atoms with Crippen LogP contribution in [0.3, 0.4) is 0 Å². The molecule has 1 aliphatic rings. The van der Waals surface area contributed by atoms with Crippen LogP contribution in [0.2, 0.25) is 0 Å². The summed E-state index contributed by atoms with van der Waals surface area (Å²) in [6.07, 6.45) is 4.83. The number of aliphatic hydroxyl groups excluding tert-OH is 1. The highest BCUT2D eigenvalue weighted by atomic mass is 16.3. The van der Waals surface area contributed by atoms with Crippen molar-refractivity contribution < 1.29 is 5.11 Å². The molecule has 0 aromatic heterocycles. The molecule has 0 spiro atoms. The van der Waals surface area contributed by atoms with Gasteiger partial charge in [-0.3, -0.25) is 0 Å². The topological polar surface area (TPSA) is 44.6 Å². The smallest absolute Gasteiger partial charge is 0.0620 e. The Balaban J connectivity index is 2.12. The minimum absolute atomic E-state index is 0.163. The van der Waals surface area contributed by atoms with Crippen LogP contribution < -0.4 is 5.43 Å². The third-order valence-corrected chi connectivity index (χ3v) is 1.64. The van der Waals surface area contributed by atoms with Crippen LogP contribution in [-0.2, 0) is 0 Å². The Morgan fingerprint density at radius 1 is 1.40 bits per heavy atom. The highest BCUT2D eigenvalue weighted by Gasteiger charge is 2.06. The first-order chi connectivity index (χ1) is 4.93. The zero-order chi connectivity index (χ0) is 7.23. The van der Waals surface area contributed by atoms with Gasteiger partial charge in [-0.05, 0) is 25.7 Å². The molecule has 0 bridgehead atoms. The minimum Gasteiger partial charge on any atom is -0.394 e. The van der Waals surface area contributed by atoms with E-state index in [1.54, 1.807) is 0 Å². The maximum Gasteiger partial charge on any atom is 0.0620 e. The quantitative estimate of drug-likeness (QED) is 0.445. The van der Waals surface area contributed by atoms with Crippen LogP contribution in [0, 0.1) is 0 Å². The number of hydrazone groups is 1. The molecule has 1 aliphatic carbocycles. The van der Waals surface area contributed by atoms with Crippen molar-refractivity contribution in [2.45, 2.75) is 25.7 Å². The fourth-order valence-electron chi connectivity index (χ4n) is 1.11. The number of nitrogens with zero attached hydrogens (tertiary/aromatic N) is 1. The first kappa shape index (κ1) is 7.54.